The number of anilines is 1. The summed E-state index contributed by atoms with van der Waals surface area (Å²) in [6.07, 6.45) is 4.76. The highest BCUT2D eigenvalue weighted by atomic mass is 35.5. The van der Waals surface area contributed by atoms with Gasteiger partial charge in [-0.2, -0.15) is 0 Å². The normalized spacial score (nSPS) is 22.6. The molecule has 2 rings (SSSR count). The summed E-state index contributed by atoms with van der Waals surface area (Å²) in [5.41, 5.74) is 1.64. The van der Waals surface area contributed by atoms with Gasteiger partial charge in [-0.15, -0.1) is 11.6 Å². The lowest BCUT2D eigenvalue weighted by molar-refractivity contribution is -0.384. The monoisotopic (exact) mass is 296 g/mol. The van der Waals surface area contributed by atoms with Crippen LogP contribution >= 0.6 is 11.6 Å². The third-order valence-corrected chi connectivity index (χ3v) is 4.64. The van der Waals surface area contributed by atoms with E-state index in [-0.39, 0.29) is 10.6 Å². The summed E-state index contributed by atoms with van der Waals surface area (Å²) < 4.78 is 0. The Balaban J connectivity index is 2.33. The van der Waals surface area contributed by atoms with Crippen LogP contribution in [0.5, 0.6) is 0 Å². The van der Waals surface area contributed by atoms with E-state index >= 15 is 0 Å². The maximum atomic E-state index is 11.3. The second-order valence-corrected chi connectivity index (χ2v) is 5.92. The van der Waals surface area contributed by atoms with E-state index in [2.05, 4.69) is 11.8 Å². The van der Waals surface area contributed by atoms with E-state index in [0.29, 0.717) is 23.5 Å². The van der Waals surface area contributed by atoms with Gasteiger partial charge in [0.1, 0.15) is 5.69 Å². The smallest absolute Gasteiger partial charge is 0.292 e. The lowest BCUT2D eigenvalue weighted by Crippen LogP contribution is -2.39. The van der Waals surface area contributed by atoms with E-state index < -0.39 is 0 Å². The molecule has 0 saturated heterocycles. The Morgan fingerprint density at radius 1 is 1.40 bits per heavy atom. The van der Waals surface area contributed by atoms with Gasteiger partial charge in [0, 0.05) is 25.0 Å². The summed E-state index contributed by atoms with van der Waals surface area (Å²) >= 11 is 5.77. The molecule has 1 aliphatic carbocycles. The Morgan fingerprint density at radius 3 is 2.70 bits per heavy atom. The lowest BCUT2D eigenvalue weighted by atomic mass is 9.85. The molecule has 0 aliphatic heterocycles. The number of hydrogen-bond donors (Lipinski definition) is 0. The van der Waals surface area contributed by atoms with E-state index in [0.717, 1.165) is 12.0 Å². The average Bonchev–Trinajstić information content (AvgIpc) is 2.46. The van der Waals surface area contributed by atoms with Crippen molar-refractivity contribution in [2.75, 3.05) is 11.9 Å². The predicted octanol–water partition coefficient (Wildman–Crippen LogP) is 4.35. The van der Waals surface area contributed by atoms with Gasteiger partial charge in [-0.05, 0) is 30.4 Å². The maximum Gasteiger partial charge on any atom is 0.292 e. The Labute approximate surface area is 124 Å². The van der Waals surface area contributed by atoms with Gasteiger partial charge in [0.25, 0.3) is 5.69 Å². The van der Waals surface area contributed by atoms with Gasteiger partial charge < -0.3 is 4.90 Å². The molecule has 0 bridgehead atoms. The Hall–Kier alpha value is -1.29. The Bertz CT molecular complexity index is 493. The molecule has 2 atom stereocenters. The predicted molar refractivity (Wildman–Crippen MR) is 82.5 cm³/mol. The van der Waals surface area contributed by atoms with Crippen LogP contribution in [0.25, 0.3) is 0 Å². The fourth-order valence-corrected chi connectivity index (χ4v) is 3.31. The molecular formula is C15H21ClN2O2. The van der Waals surface area contributed by atoms with Gasteiger partial charge in [0.05, 0.1) is 4.92 Å². The van der Waals surface area contributed by atoms with Crippen molar-refractivity contribution in [3.63, 3.8) is 0 Å². The van der Waals surface area contributed by atoms with Gasteiger partial charge in [-0.1, -0.05) is 25.8 Å². The molecule has 1 aliphatic rings. The Morgan fingerprint density at radius 2 is 2.10 bits per heavy atom. The van der Waals surface area contributed by atoms with Crippen LogP contribution in [-0.2, 0) is 5.88 Å². The molecule has 4 nitrogen and oxygen atoms in total. The van der Waals surface area contributed by atoms with Gasteiger partial charge in [-0.3, -0.25) is 10.1 Å². The van der Waals surface area contributed by atoms with Crippen molar-refractivity contribution in [2.24, 2.45) is 5.92 Å². The molecule has 1 aromatic rings. The molecule has 2 unspecified atom stereocenters. The number of alkyl halides is 1. The molecule has 20 heavy (non-hydrogen) atoms. The van der Waals surface area contributed by atoms with E-state index in [1.54, 1.807) is 6.07 Å². The molecule has 5 heteroatoms. The molecule has 0 aromatic heterocycles. The van der Waals surface area contributed by atoms with Gasteiger partial charge >= 0.3 is 0 Å². The average molecular weight is 297 g/mol. The zero-order valence-electron chi connectivity index (χ0n) is 12.0. The summed E-state index contributed by atoms with van der Waals surface area (Å²) in [5.74, 6) is 0.867. The van der Waals surface area contributed by atoms with Crippen molar-refractivity contribution in [2.45, 2.75) is 44.5 Å². The summed E-state index contributed by atoms with van der Waals surface area (Å²) in [4.78, 5) is 13.1. The highest BCUT2D eigenvalue weighted by Crippen LogP contribution is 2.35. The van der Waals surface area contributed by atoms with E-state index in [1.165, 1.54) is 19.3 Å². The van der Waals surface area contributed by atoms with Crippen molar-refractivity contribution in [1.29, 1.82) is 0 Å². The van der Waals surface area contributed by atoms with Crippen LogP contribution in [0.2, 0.25) is 0 Å². The first-order valence-electron chi connectivity index (χ1n) is 7.10. The molecule has 0 heterocycles. The first-order chi connectivity index (χ1) is 9.54. The number of benzene rings is 1. The van der Waals surface area contributed by atoms with E-state index in [4.69, 9.17) is 11.6 Å². The highest BCUT2D eigenvalue weighted by Gasteiger charge is 2.28. The quantitative estimate of drug-likeness (QED) is 0.471. The molecule has 1 aromatic carbocycles. The van der Waals surface area contributed by atoms with Gasteiger partial charge in [-0.25, -0.2) is 0 Å². The zero-order chi connectivity index (χ0) is 14.7. The summed E-state index contributed by atoms with van der Waals surface area (Å²) in [7, 11) is 1.97. The standard InChI is InChI=1S/C15H21ClN2O2/c1-11-5-3-4-6-13(11)17(2)14-8-7-12(10-16)9-15(14)18(19)20/h7-9,11,13H,3-6,10H2,1-2H3. The topological polar surface area (TPSA) is 46.4 Å². The molecule has 0 N–H and O–H groups in total. The number of rotatable bonds is 4. The maximum absolute atomic E-state index is 11.3. The SMILES string of the molecule is CC1CCCCC1N(C)c1ccc(CCl)cc1[N+](=O)[O-]. The number of nitro groups is 1. The van der Waals surface area contributed by atoms with Gasteiger partial charge in [0.15, 0.2) is 0 Å². The fraction of sp³-hybridized carbons (Fsp3) is 0.600. The zero-order valence-corrected chi connectivity index (χ0v) is 12.8. The van der Waals surface area contributed by atoms with Crippen molar-refractivity contribution in [1.82, 2.24) is 0 Å². The van der Waals surface area contributed by atoms with Crippen LogP contribution in [0.15, 0.2) is 18.2 Å². The molecule has 0 radical (unpaired) electrons. The number of nitro benzene ring substituents is 1. The minimum atomic E-state index is -0.310. The minimum absolute atomic E-state index is 0.156. The van der Waals surface area contributed by atoms with Crippen LogP contribution < -0.4 is 4.90 Å². The van der Waals surface area contributed by atoms with E-state index in [1.807, 2.05) is 19.2 Å². The van der Waals surface area contributed by atoms with Crippen LogP contribution in [0.3, 0.4) is 0 Å². The van der Waals surface area contributed by atoms with Crippen molar-refractivity contribution >= 4 is 23.0 Å². The summed E-state index contributed by atoms with van der Waals surface area (Å²) in [5, 5.41) is 11.3. The minimum Gasteiger partial charge on any atom is -0.366 e. The van der Waals surface area contributed by atoms with Crippen molar-refractivity contribution < 1.29 is 4.92 Å². The molecule has 110 valence electrons. The fourth-order valence-electron chi connectivity index (χ4n) is 3.15. The van der Waals surface area contributed by atoms with E-state index in [9.17, 15) is 10.1 Å². The van der Waals surface area contributed by atoms with Crippen LogP contribution in [0.1, 0.15) is 38.2 Å². The van der Waals surface area contributed by atoms with Crippen LogP contribution in [-0.4, -0.2) is 18.0 Å². The number of halogens is 1. The third kappa shape index (κ3) is 3.06. The largest absolute Gasteiger partial charge is 0.366 e. The molecular weight excluding hydrogens is 276 g/mol. The second kappa shape index (κ2) is 6.44. The molecule has 0 spiro atoms. The lowest BCUT2D eigenvalue weighted by Gasteiger charge is -2.37. The Kier molecular flexibility index (Phi) is 4.86. The number of hydrogen-bond acceptors (Lipinski definition) is 3. The number of nitrogens with zero attached hydrogens (tertiary/aromatic N) is 2. The molecule has 0 amide bonds. The first kappa shape index (κ1) is 15.1. The van der Waals surface area contributed by atoms with Crippen LogP contribution in [0.4, 0.5) is 11.4 Å². The first-order valence-corrected chi connectivity index (χ1v) is 7.64. The second-order valence-electron chi connectivity index (χ2n) is 5.65. The molecule has 1 fully saturated rings. The van der Waals surface area contributed by atoms with Crippen molar-refractivity contribution in [3.05, 3.63) is 33.9 Å². The highest BCUT2D eigenvalue weighted by molar-refractivity contribution is 6.17. The third-order valence-electron chi connectivity index (χ3n) is 4.33. The summed E-state index contributed by atoms with van der Waals surface area (Å²) in [6, 6.07) is 5.67. The van der Waals surface area contributed by atoms with Crippen molar-refractivity contribution in [3.8, 4) is 0 Å². The van der Waals surface area contributed by atoms with Crippen LogP contribution in [0, 0.1) is 16.0 Å². The van der Waals surface area contributed by atoms with Gasteiger partial charge in [0.2, 0.25) is 0 Å². The summed E-state index contributed by atoms with van der Waals surface area (Å²) in [6.45, 7) is 2.24. The molecule has 1 saturated carbocycles.